The Labute approximate surface area is 275 Å². The normalized spacial score (nSPS) is 17.0. The second-order valence-corrected chi connectivity index (χ2v) is 11.0. The number of nitrogens with zero attached hydrogens (tertiary/aromatic N) is 4. The van der Waals surface area contributed by atoms with E-state index in [0.29, 0.717) is 52.0 Å². The highest BCUT2D eigenvalue weighted by atomic mass is 16.6. The Bertz CT molecular complexity index is 1050. The third-order valence-corrected chi connectivity index (χ3v) is 7.47. The topological polar surface area (TPSA) is 199 Å². The maximum absolute atomic E-state index is 12.6. The molecule has 1 aromatic rings. The molecule has 0 bridgehead atoms. The number of rotatable bonds is 21. The minimum atomic E-state index is -1.06. The molecule has 1 aliphatic heterocycles. The lowest BCUT2D eigenvalue weighted by Gasteiger charge is -2.35. The average molecular weight is 671 g/mol. The minimum Gasteiger partial charge on any atom is -0.491 e. The first-order valence-electron chi connectivity index (χ1n) is 15.8. The van der Waals surface area contributed by atoms with E-state index in [2.05, 4.69) is 0 Å². The second-order valence-electron chi connectivity index (χ2n) is 11.0. The molecule has 0 aliphatic carbocycles. The summed E-state index contributed by atoms with van der Waals surface area (Å²) in [6.07, 6.45) is 0.159. The Kier molecular flexibility index (Phi) is 19.5. The smallest absolute Gasteiger partial charge is 0.321 e. The number of carboxylic acids is 4. The first-order valence-corrected chi connectivity index (χ1v) is 15.8. The number of aliphatic carboxylic acids is 4. The van der Waals surface area contributed by atoms with Gasteiger partial charge in [0.2, 0.25) is 0 Å². The third kappa shape index (κ3) is 17.9. The van der Waals surface area contributed by atoms with Crippen LogP contribution in [0.25, 0.3) is 0 Å². The Morgan fingerprint density at radius 3 is 1.43 bits per heavy atom. The zero-order chi connectivity index (χ0) is 34.4. The van der Waals surface area contributed by atoms with E-state index in [1.807, 2.05) is 6.92 Å². The molecular weight excluding hydrogens is 620 g/mol. The van der Waals surface area contributed by atoms with Gasteiger partial charge in [0, 0.05) is 59.0 Å². The molecule has 0 aromatic heterocycles. The van der Waals surface area contributed by atoms with Crippen LogP contribution >= 0.6 is 0 Å². The largest absolute Gasteiger partial charge is 0.491 e. The van der Waals surface area contributed by atoms with Crippen LogP contribution < -0.4 is 4.74 Å². The first-order chi connectivity index (χ1) is 22.6. The van der Waals surface area contributed by atoms with Crippen LogP contribution in [-0.2, 0) is 39.8 Å². The number of carbonyl (C=O) groups is 4. The Morgan fingerprint density at radius 2 is 1.02 bits per heavy atom. The van der Waals surface area contributed by atoms with Crippen LogP contribution in [0.1, 0.15) is 12.5 Å². The number of hydrogen-bond donors (Lipinski definition) is 4. The van der Waals surface area contributed by atoms with Crippen molar-refractivity contribution in [2.24, 2.45) is 0 Å². The lowest BCUT2D eigenvalue weighted by Crippen LogP contribution is -2.52. The van der Waals surface area contributed by atoms with Crippen molar-refractivity contribution in [3.8, 4) is 5.75 Å². The molecular formula is C31H50N4O12. The van der Waals surface area contributed by atoms with Gasteiger partial charge in [-0.2, -0.15) is 0 Å². The van der Waals surface area contributed by atoms with Crippen molar-refractivity contribution in [2.45, 2.75) is 19.4 Å². The molecule has 1 unspecified atom stereocenters. The van der Waals surface area contributed by atoms with Crippen LogP contribution in [0.2, 0.25) is 0 Å². The fraction of sp³-hybridized carbons (Fsp3) is 0.677. The van der Waals surface area contributed by atoms with Gasteiger partial charge in [0.25, 0.3) is 0 Å². The summed E-state index contributed by atoms with van der Waals surface area (Å²) in [5.74, 6) is -3.59. The highest BCUT2D eigenvalue weighted by Gasteiger charge is 2.28. The number of carboxylic acid groups (broad SMARTS) is 4. The molecule has 4 N–H and O–H groups in total. The summed E-state index contributed by atoms with van der Waals surface area (Å²) in [7, 11) is 0. The summed E-state index contributed by atoms with van der Waals surface area (Å²) >= 11 is 0. The Hall–Kier alpha value is -3.38. The highest BCUT2D eigenvalue weighted by Crippen LogP contribution is 2.16. The van der Waals surface area contributed by atoms with Crippen LogP contribution in [0.3, 0.4) is 0 Å². The van der Waals surface area contributed by atoms with Gasteiger partial charge in [-0.25, -0.2) is 0 Å². The lowest BCUT2D eigenvalue weighted by atomic mass is 10.0. The predicted octanol–water partition coefficient (Wildman–Crippen LogP) is -0.394. The van der Waals surface area contributed by atoms with Crippen LogP contribution in [-0.4, -0.2) is 188 Å². The van der Waals surface area contributed by atoms with Crippen molar-refractivity contribution in [3.63, 3.8) is 0 Å². The van der Waals surface area contributed by atoms with Crippen molar-refractivity contribution in [1.82, 2.24) is 19.6 Å². The standard InChI is InChI=1S/C31H50N4O12/c1-2-44-15-16-45-17-18-46-19-20-47-26-5-3-25(4-6-26)21-27(31(42)43)35-13-11-33(23-29(38)39)9-7-32(22-28(36)37)8-10-34(12-14-35)24-30(40)41/h3-6,27H,2,7-24H2,1H3,(H,36,37)(H,38,39)(H,40,41)(H,42,43). The molecule has 266 valence electrons. The third-order valence-electron chi connectivity index (χ3n) is 7.47. The van der Waals surface area contributed by atoms with E-state index in [1.54, 1.807) is 43.9 Å². The summed E-state index contributed by atoms with van der Waals surface area (Å²) < 4.78 is 21.8. The molecule has 2 rings (SSSR count). The van der Waals surface area contributed by atoms with Gasteiger partial charge in [0.1, 0.15) is 18.4 Å². The maximum atomic E-state index is 12.6. The van der Waals surface area contributed by atoms with Gasteiger partial charge in [0.05, 0.1) is 52.7 Å². The van der Waals surface area contributed by atoms with E-state index < -0.39 is 29.9 Å². The maximum Gasteiger partial charge on any atom is 0.321 e. The molecule has 1 atom stereocenters. The highest BCUT2D eigenvalue weighted by molar-refractivity contribution is 5.74. The van der Waals surface area contributed by atoms with Crippen molar-refractivity contribution in [3.05, 3.63) is 29.8 Å². The average Bonchev–Trinajstić information content (AvgIpc) is 3.01. The fourth-order valence-corrected chi connectivity index (χ4v) is 5.03. The minimum absolute atomic E-state index is 0.159. The van der Waals surface area contributed by atoms with Crippen molar-refractivity contribution in [1.29, 1.82) is 0 Å². The van der Waals surface area contributed by atoms with E-state index in [-0.39, 0.29) is 78.4 Å². The van der Waals surface area contributed by atoms with E-state index in [1.165, 1.54) is 0 Å². The number of benzene rings is 1. The SMILES string of the molecule is CCOCCOCCOCCOc1ccc(CC(C(=O)O)N2CCN(CC(=O)O)CCN(CC(=O)O)CCN(CC(=O)O)CC2)cc1. The zero-order valence-electron chi connectivity index (χ0n) is 27.2. The van der Waals surface area contributed by atoms with Crippen LogP contribution in [0.5, 0.6) is 5.75 Å². The molecule has 1 aromatic carbocycles. The van der Waals surface area contributed by atoms with Gasteiger partial charge in [0.15, 0.2) is 0 Å². The molecule has 16 heteroatoms. The quantitative estimate of drug-likeness (QED) is 0.123. The van der Waals surface area contributed by atoms with Gasteiger partial charge in [-0.05, 0) is 31.0 Å². The van der Waals surface area contributed by atoms with Crippen molar-refractivity contribution >= 4 is 23.9 Å². The molecule has 1 fully saturated rings. The molecule has 1 heterocycles. The number of ether oxygens (including phenoxy) is 4. The first kappa shape index (κ1) is 39.8. The molecule has 47 heavy (non-hydrogen) atoms. The summed E-state index contributed by atoms with van der Waals surface area (Å²) in [5.41, 5.74) is 0.755. The van der Waals surface area contributed by atoms with Crippen LogP contribution in [0.15, 0.2) is 24.3 Å². The van der Waals surface area contributed by atoms with Crippen molar-refractivity contribution < 1.29 is 58.6 Å². The fourth-order valence-electron chi connectivity index (χ4n) is 5.03. The molecule has 0 saturated carbocycles. The van der Waals surface area contributed by atoms with E-state index in [4.69, 9.17) is 18.9 Å². The summed E-state index contributed by atoms with van der Waals surface area (Å²) in [6.45, 7) is 6.30. The zero-order valence-corrected chi connectivity index (χ0v) is 27.2. The molecule has 0 spiro atoms. The van der Waals surface area contributed by atoms with E-state index >= 15 is 0 Å². The van der Waals surface area contributed by atoms with E-state index in [9.17, 15) is 39.6 Å². The molecule has 16 nitrogen and oxygen atoms in total. The summed E-state index contributed by atoms with van der Waals surface area (Å²) in [4.78, 5) is 53.8. The predicted molar refractivity (Wildman–Crippen MR) is 169 cm³/mol. The number of hydrogen-bond acceptors (Lipinski definition) is 12. The Morgan fingerprint density at radius 1 is 0.617 bits per heavy atom. The van der Waals surface area contributed by atoms with Gasteiger partial charge in [-0.15, -0.1) is 0 Å². The van der Waals surface area contributed by atoms with Gasteiger partial charge < -0.3 is 39.4 Å². The molecule has 0 radical (unpaired) electrons. The van der Waals surface area contributed by atoms with E-state index in [0.717, 1.165) is 5.56 Å². The van der Waals surface area contributed by atoms with Gasteiger partial charge in [-0.3, -0.25) is 38.8 Å². The van der Waals surface area contributed by atoms with Crippen LogP contribution in [0.4, 0.5) is 0 Å². The monoisotopic (exact) mass is 670 g/mol. The van der Waals surface area contributed by atoms with Gasteiger partial charge in [-0.1, -0.05) is 12.1 Å². The molecule has 0 amide bonds. The lowest BCUT2D eigenvalue weighted by molar-refractivity contribution is -0.144. The Balaban J connectivity index is 2.03. The summed E-state index contributed by atoms with van der Waals surface area (Å²) in [5, 5.41) is 38.5. The molecule has 1 aliphatic rings. The second kappa shape index (κ2) is 23.0. The van der Waals surface area contributed by atoms with Crippen LogP contribution in [0, 0.1) is 0 Å². The summed E-state index contributed by atoms with van der Waals surface area (Å²) in [6, 6.07) is 6.13. The van der Waals surface area contributed by atoms with Crippen molar-refractivity contribution in [2.75, 3.05) is 118 Å². The molecule has 1 saturated heterocycles. The van der Waals surface area contributed by atoms with Gasteiger partial charge >= 0.3 is 23.9 Å².